The number of carbonyl (C=O) groups is 2. The lowest BCUT2D eigenvalue weighted by atomic mass is 9.84. The molecule has 1 aliphatic rings. The molecule has 0 aliphatic carbocycles. The Morgan fingerprint density at radius 1 is 1.03 bits per heavy atom. The van der Waals surface area contributed by atoms with Crippen LogP contribution in [0.15, 0.2) is 72.3 Å². The van der Waals surface area contributed by atoms with Gasteiger partial charge in [0.15, 0.2) is 0 Å². The molecule has 1 saturated heterocycles. The summed E-state index contributed by atoms with van der Waals surface area (Å²) in [6.07, 6.45) is 0. The summed E-state index contributed by atoms with van der Waals surface area (Å²) in [4.78, 5) is 28.3. The molecule has 3 aromatic rings. The zero-order chi connectivity index (χ0) is 26.2. The highest BCUT2D eigenvalue weighted by Gasteiger charge is 2.47. The predicted octanol–water partition coefficient (Wildman–Crippen LogP) is 6.97. The first-order chi connectivity index (χ1) is 17.0. The smallest absolute Gasteiger partial charge is 0.300 e. The van der Waals surface area contributed by atoms with Gasteiger partial charge in [0.05, 0.1) is 18.2 Å². The number of rotatable bonds is 5. The zero-order valence-electron chi connectivity index (χ0n) is 21.1. The minimum Gasteiger partial charge on any atom is -0.507 e. The molecule has 1 aliphatic heterocycles. The Kier molecular flexibility index (Phi) is 6.96. The Bertz CT molecular complexity index is 1370. The minimum absolute atomic E-state index is 0.0304. The number of aliphatic hydroxyl groups is 1. The molecule has 0 saturated carbocycles. The summed E-state index contributed by atoms with van der Waals surface area (Å²) in [6.45, 7) is 10.5. The minimum atomic E-state index is -0.860. The fraction of sp³-hybridized carbons (Fsp3) is 0.267. The summed E-state index contributed by atoms with van der Waals surface area (Å²) in [7, 11) is 0. The second-order valence-corrected chi connectivity index (χ2v) is 10.4. The van der Waals surface area contributed by atoms with Crippen LogP contribution < -0.4 is 9.64 Å². The van der Waals surface area contributed by atoms with Crippen molar-refractivity contribution in [1.29, 1.82) is 0 Å². The Balaban J connectivity index is 1.99. The molecule has 0 bridgehead atoms. The third kappa shape index (κ3) is 4.76. The molecule has 5 nitrogen and oxygen atoms in total. The molecular weight excluding hydrogens is 474 g/mol. The Morgan fingerprint density at radius 2 is 1.75 bits per heavy atom. The van der Waals surface area contributed by atoms with Crippen LogP contribution in [0.5, 0.6) is 5.75 Å². The van der Waals surface area contributed by atoms with Crippen LogP contribution in [0, 0.1) is 6.92 Å². The van der Waals surface area contributed by atoms with Gasteiger partial charge in [0.1, 0.15) is 11.5 Å². The van der Waals surface area contributed by atoms with Crippen molar-refractivity contribution in [2.24, 2.45) is 0 Å². The lowest BCUT2D eigenvalue weighted by molar-refractivity contribution is -0.132. The molecule has 6 heteroatoms. The van der Waals surface area contributed by atoms with E-state index in [-0.39, 0.29) is 16.7 Å². The number of ether oxygens (including phenoxy) is 1. The Morgan fingerprint density at radius 3 is 2.42 bits per heavy atom. The van der Waals surface area contributed by atoms with Crippen molar-refractivity contribution in [3.63, 3.8) is 0 Å². The molecule has 0 spiro atoms. The Hall–Kier alpha value is -3.57. The standard InChI is InChI=1S/C30H30ClNO4/c1-6-36-23-12-7-9-19(15-23)26-25(27(33)24-16-20(30(3,4)5)14-13-18(24)2)28(34)29(35)32(26)22-11-8-10-21(31)17-22/h7-17,26,33H,6H2,1-5H3/b27-25+. The van der Waals surface area contributed by atoms with Gasteiger partial charge in [0, 0.05) is 16.3 Å². The molecule has 0 aromatic heterocycles. The summed E-state index contributed by atoms with van der Waals surface area (Å²) in [6, 6.07) is 19.0. The van der Waals surface area contributed by atoms with E-state index in [0.717, 1.165) is 11.1 Å². The van der Waals surface area contributed by atoms with Crippen LogP contribution in [0.25, 0.3) is 5.76 Å². The molecule has 1 unspecified atom stereocenters. The molecule has 1 N–H and O–H groups in total. The van der Waals surface area contributed by atoms with E-state index < -0.39 is 17.7 Å². The van der Waals surface area contributed by atoms with Gasteiger partial charge in [-0.3, -0.25) is 14.5 Å². The molecule has 1 heterocycles. The average Bonchev–Trinajstić information content (AvgIpc) is 3.09. The van der Waals surface area contributed by atoms with Crippen molar-refractivity contribution in [3.8, 4) is 5.75 Å². The lowest BCUT2D eigenvalue weighted by Gasteiger charge is -2.26. The van der Waals surface area contributed by atoms with Crippen LogP contribution in [0.2, 0.25) is 5.02 Å². The first-order valence-corrected chi connectivity index (χ1v) is 12.3. The van der Waals surface area contributed by atoms with Crippen LogP contribution in [0.3, 0.4) is 0 Å². The second-order valence-electron chi connectivity index (χ2n) is 9.93. The number of halogens is 1. The van der Waals surface area contributed by atoms with Crippen molar-refractivity contribution in [3.05, 3.63) is 99.6 Å². The van der Waals surface area contributed by atoms with E-state index >= 15 is 0 Å². The van der Waals surface area contributed by atoms with E-state index in [4.69, 9.17) is 16.3 Å². The van der Waals surface area contributed by atoms with E-state index in [9.17, 15) is 14.7 Å². The summed E-state index contributed by atoms with van der Waals surface area (Å²) in [5.74, 6) is -1.07. The largest absolute Gasteiger partial charge is 0.507 e. The van der Waals surface area contributed by atoms with Gasteiger partial charge < -0.3 is 9.84 Å². The summed E-state index contributed by atoms with van der Waals surface area (Å²) in [5, 5.41) is 12.1. The van der Waals surface area contributed by atoms with Gasteiger partial charge in [0.2, 0.25) is 0 Å². The SMILES string of the molecule is CCOc1cccc(C2/C(=C(\O)c3cc(C(C)(C)C)ccc3C)C(=O)C(=O)N2c2cccc(Cl)c2)c1. The van der Waals surface area contributed by atoms with Crippen LogP contribution in [-0.2, 0) is 15.0 Å². The number of hydrogen-bond donors (Lipinski definition) is 1. The molecular formula is C30H30ClNO4. The van der Waals surface area contributed by atoms with E-state index in [2.05, 4.69) is 20.8 Å². The Labute approximate surface area is 217 Å². The van der Waals surface area contributed by atoms with Crippen LogP contribution >= 0.6 is 11.6 Å². The van der Waals surface area contributed by atoms with E-state index in [1.165, 1.54) is 4.90 Å². The van der Waals surface area contributed by atoms with Crippen molar-refractivity contribution in [1.82, 2.24) is 0 Å². The van der Waals surface area contributed by atoms with Gasteiger partial charge in [-0.1, -0.05) is 62.7 Å². The molecule has 1 fully saturated rings. The highest BCUT2D eigenvalue weighted by molar-refractivity contribution is 6.51. The summed E-state index contributed by atoms with van der Waals surface area (Å²) >= 11 is 6.24. The molecule has 3 aromatic carbocycles. The van der Waals surface area contributed by atoms with Crippen molar-refractivity contribution >= 4 is 34.7 Å². The molecule has 1 amide bonds. The van der Waals surface area contributed by atoms with Gasteiger partial charge in [-0.05, 0) is 72.4 Å². The first-order valence-electron chi connectivity index (χ1n) is 11.9. The third-order valence-corrected chi connectivity index (χ3v) is 6.61. The number of amides is 1. The van der Waals surface area contributed by atoms with Gasteiger partial charge in [-0.25, -0.2) is 0 Å². The first kappa shape index (κ1) is 25.5. The van der Waals surface area contributed by atoms with Gasteiger partial charge in [-0.15, -0.1) is 0 Å². The summed E-state index contributed by atoms with van der Waals surface area (Å²) in [5.41, 5.74) is 3.31. The van der Waals surface area contributed by atoms with E-state index in [1.54, 1.807) is 30.3 Å². The van der Waals surface area contributed by atoms with Gasteiger partial charge in [-0.2, -0.15) is 0 Å². The quantitative estimate of drug-likeness (QED) is 0.232. The third-order valence-electron chi connectivity index (χ3n) is 6.37. The fourth-order valence-corrected chi connectivity index (χ4v) is 4.65. The number of Topliss-reactive ketones (excluding diaryl/α,β-unsaturated/α-hetero) is 1. The maximum Gasteiger partial charge on any atom is 0.300 e. The van der Waals surface area contributed by atoms with Crippen LogP contribution in [-0.4, -0.2) is 23.4 Å². The van der Waals surface area contributed by atoms with E-state index in [0.29, 0.717) is 34.2 Å². The summed E-state index contributed by atoms with van der Waals surface area (Å²) < 4.78 is 5.68. The van der Waals surface area contributed by atoms with Crippen LogP contribution in [0.4, 0.5) is 5.69 Å². The number of carbonyl (C=O) groups excluding carboxylic acids is 2. The monoisotopic (exact) mass is 503 g/mol. The highest BCUT2D eigenvalue weighted by Crippen LogP contribution is 2.44. The number of benzene rings is 3. The molecule has 186 valence electrons. The lowest BCUT2D eigenvalue weighted by Crippen LogP contribution is -2.29. The topological polar surface area (TPSA) is 66.8 Å². The van der Waals surface area contributed by atoms with Crippen molar-refractivity contribution < 1.29 is 19.4 Å². The number of nitrogens with zero attached hydrogens (tertiary/aromatic N) is 1. The maximum absolute atomic E-state index is 13.5. The van der Waals surface area contributed by atoms with E-state index in [1.807, 2.05) is 50.2 Å². The molecule has 4 rings (SSSR count). The zero-order valence-corrected chi connectivity index (χ0v) is 21.9. The normalized spacial score (nSPS) is 17.5. The maximum atomic E-state index is 13.5. The number of hydrogen-bond acceptors (Lipinski definition) is 4. The number of aryl methyl sites for hydroxylation is 1. The van der Waals surface area contributed by atoms with Gasteiger partial charge in [0.25, 0.3) is 11.7 Å². The van der Waals surface area contributed by atoms with Gasteiger partial charge >= 0.3 is 0 Å². The highest BCUT2D eigenvalue weighted by atomic mass is 35.5. The number of anilines is 1. The van der Waals surface area contributed by atoms with Crippen LogP contribution in [0.1, 0.15) is 56.0 Å². The van der Waals surface area contributed by atoms with Crippen molar-refractivity contribution in [2.45, 2.75) is 46.1 Å². The fourth-order valence-electron chi connectivity index (χ4n) is 4.47. The molecule has 1 atom stereocenters. The average molecular weight is 504 g/mol. The number of ketones is 1. The van der Waals surface area contributed by atoms with Crippen molar-refractivity contribution in [2.75, 3.05) is 11.5 Å². The molecule has 0 radical (unpaired) electrons. The predicted molar refractivity (Wildman–Crippen MR) is 144 cm³/mol. The number of aliphatic hydroxyl groups excluding tert-OH is 1. The second kappa shape index (κ2) is 9.82. The molecule has 36 heavy (non-hydrogen) atoms.